The van der Waals surface area contributed by atoms with E-state index in [2.05, 4.69) is 25.3 Å². The predicted octanol–water partition coefficient (Wildman–Crippen LogP) is 2.71. The van der Waals surface area contributed by atoms with Crippen molar-refractivity contribution in [2.24, 2.45) is 0 Å². The van der Waals surface area contributed by atoms with Gasteiger partial charge in [0.05, 0.1) is 23.1 Å². The highest BCUT2D eigenvalue weighted by molar-refractivity contribution is 6.31. The summed E-state index contributed by atoms with van der Waals surface area (Å²) in [6.45, 7) is 3.03. The zero-order chi connectivity index (χ0) is 17.1. The molecule has 0 spiro atoms. The van der Waals surface area contributed by atoms with Crippen molar-refractivity contribution >= 4 is 34.5 Å². The first-order valence-electron chi connectivity index (χ1n) is 7.52. The molecule has 1 amide bonds. The lowest BCUT2D eigenvalue weighted by Crippen LogP contribution is -2.27. The fourth-order valence-corrected chi connectivity index (χ4v) is 2.49. The number of carbonyl (C=O) groups excluding carboxylic acids is 1. The van der Waals surface area contributed by atoms with E-state index in [1.807, 2.05) is 19.1 Å². The summed E-state index contributed by atoms with van der Waals surface area (Å²) in [5, 5.41) is 3.63. The summed E-state index contributed by atoms with van der Waals surface area (Å²) in [4.78, 5) is 29.9. The Morgan fingerprint density at radius 1 is 1.33 bits per heavy atom. The first-order chi connectivity index (χ1) is 11.6. The number of halogens is 1. The number of amides is 1. The Bertz CT molecular complexity index is 861. The largest absolute Gasteiger partial charge is 0.355 e. The first-order valence-corrected chi connectivity index (χ1v) is 7.90. The number of aromatic amines is 1. The molecule has 0 aliphatic carbocycles. The van der Waals surface area contributed by atoms with Crippen molar-refractivity contribution in [2.75, 3.05) is 18.9 Å². The summed E-state index contributed by atoms with van der Waals surface area (Å²) >= 11 is 5.97. The average molecular weight is 345 g/mol. The molecule has 2 heterocycles. The van der Waals surface area contributed by atoms with Crippen LogP contribution in [0.3, 0.4) is 0 Å². The minimum absolute atomic E-state index is 0.170. The highest BCUT2D eigenvalue weighted by Crippen LogP contribution is 2.18. The fourth-order valence-electron chi connectivity index (χ4n) is 2.31. The van der Waals surface area contributed by atoms with Crippen LogP contribution in [-0.2, 0) is 6.54 Å². The molecule has 0 radical (unpaired) electrons. The molecule has 0 aliphatic heterocycles. The van der Waals surface area contributed by atoms with E-state index in [0.717, 1.165) is 17.6 Å². The molecule has 8 heteroatoms. The van der Waals surface area contributed by atoms with E-state index in [0.29, 0.717) is 28.9 Å². The molecule has 2 N–H and O–H groups in total. The smallest absolute Gasteiger partial charge is 0.257 e. The lowest BCUT2D eigenvalue weighted by molar-refractivity contribution is 0.0781. The summed E-state index contributed by atoms with van der Waals surface area (Å²) in [5.41, 5.74) is 2.09. The third-order valence-electron chi connectivity index (χ3n) is 3.46. The van der Waals surface area contributed by atoms with Gasteiger partial charge in [0.15, 0.2) is 0 Å². The summed E-state index contributed by atoms with van der Waals surface area (Å²) < 4.78 is 0. The van der Waals surface area contributed by atoms with Crippen LogP contribution >= 0.6 is 11.6 Å². The topological polar surface area (TPSA) is 86.8 Å². The molecule has 0 atom stereocenters. The maximum atomic E-state index is 12.5. The van der Waals surface area contributed by atoms with Gasteiger partial charge < -0.3 is 15.2 Å². The number of benzene rings is 1. The molecule has 124 valence electrons. The van der Waals surface area contributed by atoms with Gasteiger partial charge in [0.2, 0.25) is 5.95 Å². The summed E-state index contributed by atoms with van der Waals surface area (Å²) in [6.07, 6.45) is 3.03. The zero-order valence-electron chi connectivity index (χ0n) is 13.4. The number of aromatic nitrogens is 4. The van der Waals surface area contributed by atoms with Gasteiger partial charge in [-0.3, -0.25) is 4.79 Å². The second-order valence-electron chi connectivity index (χ2n) is 5.33. The van der Waals surface area contributed by atoms with Crippen molar-refractivity contribution in [3.8, 4) is 0 Å². The number of hydrogen-bond donors (Lipinski definition) is 2. The van der Waals surface area contributed by atoms with Crippen LogP contribution in [0.5, 0.6) is 0 Å². The van der Waals surface area contributed by atoms with Crippen LogP contribution in [0.4, 0.5) is 5.95 Å². The molecule has 2 aromatic heterocycles. The summed E-state index contributed by atoms with van der Waals surface area (Å²) in [7, 11) is 1.71. The van der Waals surface area contributed by atoms with E-state index in [4.69, 9.17) is 11.6 Å². The second-order valence-corrected chi connectivity index (χ2v) is 5.77. The van der Waals surface area contributed by atoms with E-state index >= 15 is 0 Å². The monoisotopic (exact) mass is 344 g/mol. The van der Waals surface area contributed by atoms with Crippen LogP contribution in [0, 0.1) is 0 Å². The maximum Gasteiger partial charge on any atom is 0.257 e. The lowest BCUT2D eigenvalue weighted by atomic mass is 10.3. The molecule has 0 saturated carbocycles. The Hall–Kier alpha value is -2.67. The third kappa shape index (κ3) is 3.46. The van der Waals surface area contributed by atoms with E-state index < -0.39 is 0 Å². The standard InChI is InChI=1S/C16H17ClN6O/c1-3-18-16-19-7-10(8-20-16)15(24)23(2)9-14-21-12-5-4-11(17)6-13(12)22-14/h4-8H,3,9H2,1-2H3,(H,21,22)(H,18,19,20). The zero-order valence-corrected chi connectivity index (χ0v) is 14.1. The minimum Gasteiger partial charge on any atom is -0.355 e. The highest BCUT2D eigenvalue weighted by atomic mass is 35.5. The van der Waals surface area contributed by atoms with Gasteiger partial charge in [0, 0.05) is 31.0 Å². The Labute approximate surface area is 144 Å². The number of H-pyrrole nitrogens is 1. The van der Waals surface area contributed by atoms with Crippen LogP contribution in [-0.4, -0.2) is 44.3 Å². The molecule has 0 bridgehead atoms. The van der Waals surface area contributed by atoms with Gasteiger partial charge in [-0.15, -0.1) is 0 Å². The van der Waals surface area contributed by atoms with E-state index in [-0.39, 0.29) is 5.91 Å². The Morgan fingerprint density at radius 3 is 2.79 bits per heavy atom. The molecule has 0 aliphatic rings. The van der Waals surface area contributed by atoms with Crippen molar-refractivity contribution in [3.63, 3.8) is 0 Å². The third-order valence-corrected chi connectivity index (χ3v) is 3.70. The number of imidazole rings is 1. The van der Waals surface area contributed by atoms with E-state index in [1.54, 1.807) is 18.0 Å². The summed E-state index contributed by atoms with van der Waals surface area (Å²) in [6, 6.07) is 5.43. The molecule has 0 saturated heterocycles. The van der Waals surface area contributed by atoms with Crippen LogP contribution in [0.1, 0.15) is 23.1 Å². The second kappa shape index (κ2) is 6.84. The maximum absolute atomic E-state index is 12.5. The fraction of sp³-hybridized carbons (Fsp3) is 0.250. The molecular weight excluding hydrogens is 328 g/mol. The van der Waals surface area contributed by atoms with Crippen LogP contribution in [0.2, 0.25) is 5.02 Å². The Balaban J connectivity index is 1.72. The first kappa shape index (κ1) is 16.2. The quantitative estimate of drug-likeness (QED) is 0.743. The van der Waals surface area contributed by atoms with Gasteiger partial charge in [-0.25, -0.2) is 15.0 Å². The van der Waals surface area contributed by atoms with E-state index in [9.17, 15) is 4.79 Å². The van der Waals surface area contributed by atoms with Crippen LogP contribution in [0.15, 0.2) is 30.6 Å². The number of hydrogen-bond acceptors (Lipinski definition) is 5. The molecule has 0 fully saturated rings. The van der Waals surface area contributed by atoms with Gasteiger partial charge in [-0.05, 0) is 25.1 Å². The lowest BCUT2D eigenvalue weighted by Gasteiger charge is -2.15. The van der Waals surface area contributed by atoms with Crippen molar-refractivity contribution in [1.82, 2.24) is 24.8 Å². The number of rotatable bonds is 5. The highest BCUT2D eigenvalue weighted by Gasteiger charge is 2.15. The van der Waals surface area contributed by atoms with Gasteiger partial charge in [-0.2, -0.15) is 0 Å². The summed E-state index contributed by atoms with van der Waals surface area (Å²) in [5.74, 6) is 1.02. The molecule has 3 rings (SSSR count). The molecule has 24 heavy (non-hydrogen) atoms. The Kier molecular flexibility index (Phi) is 4.61. The van der Waals surface area contributed by atoms with Crippen molar-refractivity contribution in [3.05, 3.63) is 47.0 Å². The van der Waals surface area contributed by atoms with Crippen LogP contribution < -0.4 is 5.32 Å². The molecule has 1 aromatic carbocycles. The predicted molar refractivity (Wildman–Crippen MR) is 93.1 cm³/mol. The Morgan fingerprint density at radius 2 is 2.08 bits per heavy atom. The van der Waals surface area contributed by atoms with Gasteiger partial charge in [0.1, 0.15) is 5.82 Å². The van der Waals surface area contributed by atoms with Gasteiger partial charge >= 0.3 is 0 Å². The molecule has 0 unspecified atom stereocenters. The van der Waals surface area contributed by atoms with Crippen molar-refractivity contribution < 1.29 is 4.79 Å². The normalized spacial score (nSPS) is 10.8. The molecular formula is C16H17ClN6O. The minimum atomic E-state index is -0.170. The molecule has 7 nitrogen and oxygen atoms in total. The van der Waals surface area contributed by atoms with Crippen molar-refractivity contribution in [2.45, 2.75) is 13.5 Å². The number of nitrogens with zero attached hydrogens (tertiary/aromatic N) is 4. The SMILES string of the molecule is CCNc1ncc(C(=O)N(C)Cc2nc3ccc(Cl)cc3[nH]2)cn1. The van der Waals surface area contributed by atoms with Gasteiger partial charge in [-0.1, -0.05) is 11.6 Å². The van der Waals surface area contributed by atoms with Crippen LogP contribution in [0.25, 0.3) is 11.0 Å². The number of carbonyl (C=O) groups is 1. The number of anilines is 1. The van der Waals surface area contributed by atoms with Crippen molar-refractivity contribution in [1.29, 1.82) is 0 Å². The van der Waals surface area contributed by atoms with E-state index in [1.165, 1.54) is 12.4 Å². The molecule has 3 aromatic rings. The number of fused-ring (bicyclic) bond motifs is 1. The number of nitrogens with one attached hydrogen (secondary N) is 2. The van der Waals surface area contributed by atoms with Gasteiger partial charge in [0.25, 0.3) is 5.91 Å². The average Bonchev–Trinajstić information content (AvgIpc) is 2.96.